The van der Waals surface area contributed by atoms with Gasteiger partial charge in [-0.25, -0.2) is 4.98 Å². The van der Waals surface area contributed by atoms with Gasteiger partial charge in [0.15, 0.2) is 0 Å². The van der Waals surface area contributed by atoms with Crippen molar-refractivity contribution in [1.82, 2.24) is 9.55 Å². The van der Waals surface area contributed by atoms with E-state index in [4.69, 9.17) is 4.74 Å². The van der Waals surface area contributed by atoms with Crippen molar-refractivity contribution in [2.24, 2.45) is 0 Å². The quantitative estimate of drug-likeness (QED) is 0.605. The molecule has 0 aliphatic carbocycles. The van der Waals surface area contributed by atoms with Crippen LogP contribution in [-0.2, 0) is 16.1 Å². The van der Waals surface area contributed by atoms with Crippen LogP contribution in [0.4, 0.5) is 0 Å². The Morgan fingerprint density at radius 1 is 1.33 bits per heavy atom. The molecule has 5 nitrogen and oxygen atoms in total. The first-order valence-corrected chi connectivity index (χ1v) is 7.25. The Kier molecular flexibility index (Phi) is 5.09. The van der Waals surface area contributed by atoms with E-state index in [9.17, 15) is 9.59 Å². The van der Waals surface area contributed by atoms with E-state index in [-0.39, 0.29) is 11.5 Å². The van der Waals surface area contributed by atoms with Crippen molar-refractivity contribution in [3.8, 4) is 0 Å². The number of rotatable bonds is 6. The number of ether oxygens (including phenoxy) is 1. The van der Waals surface area contributed by atoms with Gasteiger partial charge in [-0.2, -0.15) is 0 Å². The molecule has 0 bridgehead atoms. The Hall–Kier alpha value is -2.17. The zero-order valence-electron chi connectivity index (χ0n) is 12.5. The highest BCUT2D eigenvalue weighted by Crippen LogP contribution is 2.07. The Labute approximate surface area is 123 Å². The van der Waals surface area contributed by atoms with Crippen molar-refractivity contribution in [3.63, 3.8) is 0 Å². The van der Waals surface area contributed by atoms with E-state index in [1.54, 1.807) is 10.6 Å². The summed E-state index contributed by atoms with van der Waals surface area (Å²) in [5.74, 6) is 0.497. The summed E-state index contributed by atoms with van der Waals surface area (Å²) in [5.41, 5.74) is 0.670. The number of nitrogens with zero attached hydrogens (tertiary/aromatic N) is 2. The minimum Gasteiger partial charge on any atom is -0.466 e. The minimum absolute atomic E-state index is 0.0435. The van der Waals surface area contributed by atoms with E-state index < -0.39 is 0 Å². The van der Waals surface area contributed by atoms with Crippen LogP contribution in [0, 0.1) is 6.92 Å². The molecule has 112 valence electrons. The van der Waals surface area contributed by atoms with Crippen molar-refractivity contribution in [1.29, 1.82) is 0 Å². The van der Waals surface area contributed by atoms with Gasteiger partial charge in [-0.1, -0.05) is 19.1 Å². The van der Waals surface area contributed by atoms with Gasteiger partial charge in [0.2, 0.25) is 0 Å². The second kappa shape index (κ2) is 7.02. The lowest BCUT2D eigenvalue weighted by atomic mass is 10.2. The van der Waals surface area contributed by atoms with Crippen LogP contribution in [0.25, 0.3) is 10.9 Å². The lowest BCUT2D eigenvalue weighted by Crippen LogP contribution is -2.24. The average molecular weight is 288 g/mol. The summed E-state index contributed by atoms with van der Waals surface area (Å²) in [6.45, 7) is 4.58. The fourth-order valence-corrected chi connectivity index (χ4v) is 2.23. The predicted molar refractivity (Wildman–Crippen MR) is 81.2 cm³/mol. The molecule has 1 aromatic carbocycles. The van der Waals surface area contributed by atoms with E-state index in [0.717, 1.165) is 6.42 Å². The van der Waals surface area contributed by atoms with Crippen LogP contribution >= 0.6 is 0 Å². The monoisotopic (exact) mass is 288 g/mol. The summed E-state index contributed by atoms with van der Waals surface area (Å²) in [5, 5.41) is 0.617. The molecule has 0 amide bonds. The molecule has 1 heterocycles. The van der Waals surface area contributed by atoms with Crippen molar-refractivity contribution in [3.05, 3.63) is 40.4 Å². The number of aromatic nitrogens is 2. The van der Waals surface area contributed by atoms with E-state index >= 15 is 0 Å². The molecule has 2 rings (SSSR count). The molecule has 0 aliphatic rings. The van der Waals surface area contributed by atoms with Crippen LogP contribution in [0.3, 0.4) is 0 Å². The standard InChI is InChI=1S/C16H20N2O3/c1-3-7-15(19)21-11-6-10-18-12(2)17-14-9-5-4-8-13(14)16(18)20/h4-5,8-9H,3,6-7,10-11H2,1-2H3. The third-order valence-corrected chi connectivity index (χ3v) is 3.30. The van der Waals surface area contributed by atoms with Crippen LogP contribution in [0.5, 0.6) is 0 Å². The van der Waals surface area contributed by atoms with Gasteiger partial charge >= 0.3 is 5.97 Å². The van der Waals surface area contributed by atoms with Crippen LogP contribution in [0.2, 0.25) is 0 Å². The zero-order valence-corrected chi connectivity index (χ0v) is 12.5. The van der Waals surface area contributed by atoms with E-state index in [0.29, 0.717) is 42.7 Å². The van der Waals surface area contributed by atoms with Gasteiger partial charge in [-0.05, 0) is 31.9 Å². The second-order valence-corrected chi connectivity index (χ2v) is 4.96. The Balaban J connectivity index is 2.05. The minimum atomic E-state index is -0.182. The first-order chi connectivity index (χ1) is 10.1. The van der Waals surface area contributed by atoms with E-state index in [2.05, 4.69) is 4.98 Å². The maximum atomic E-state index is 12.4. The van der Waals surface area contributed by atoms with Crippen LogP contribution in [0.15, 0.2) is 29.1 Å². The first-order valence-electron chi connectivity index (χ1n) is 7.25. The molecule has 0 aliphatic heterocycles. The maximum absolute atomic E-state index is 12.4. The molecular formula is C16H20N2O3. The molecule has 0 unspecified atom stereocenters. The molecule has 1 aromatic heterocycles. The van der Waals surface area contributed by atoms with Gasteiger partial charge in [-0.3, -0.25) is 14.2 Å². The number of aryl methyl sites for hydroxylation is 1. The number of carbonyl (C=O) groups excluding carboxylic acids is 1. The fourth-order valence-electron chi connectivity index (χ4n) is 2.23. The van der Waals surface area contributed by atoms with E-state index in [1.165, 1.54) is 0 Å². The van der Waals surface area contributed by atoms with Crippen LogP contribution in [0.1, 0.15) is 32.0 Å². The Morgan fingerprint density at radius 2 is 2.10 bits per heavy atom. The van der Waals surface area contributed by atoms with Gasteiger partial charge in [0.05, 0.1) is 17.5 Å². The Bertz CT molecular complexity index is 691. The summed E-state index contributed by atoms with van der Waals surface area (Å²) < 4.78 is 6.73. The first kappa shape index (κ1) is 15.2. The summed E-state index contributed by atoms with van der Waals surface area (Å²) in [4.78, 5) is 28.1. The molecule has 5 heteroatoms. The molecule has 0 saturated carbocycles. The summed E-state index contributed by atoms with van der Waals surface area (Å²) in [7, 11) is 0. The largest absolute Gasteiger partial charge is 0.466 e. The topological polar surface area (TPSA) is 61.2 Å². The molecule has 0 spiro atoms. The maximum Gasteiger partial charge on any atom is 0.305 e. The average Bonchev–Trinajstić information content (AvgIpc) is 2.46. The molecule has 2 aromatic rings. The number of hydrogen-bond acceptors (Lipinski definition) is 4. The molecule has 0 N–H and O–H groups in total. The van der Waals surface area contributed by atoms with Crippen molar-refractivity contribution >= 4 is 16.9 Å². The van der Waals surface area contributed by atoms with E-state index in [1.807, 2.05) is 32.0 Å². The highest BCUT2D eigenvalue weighted by Gasteiger charge is 2.07. The van der Waals surface area contributed by atoms with Crippen molar-refractivity contribution in [2.45, 2.75) is 39.7 Å². The summed E-state index contributed by atoms with van der Waals surface area (Å²) in [6, 6.07) is 7.31. The SMILES string of the molecule is CCCC(=O)OCCCn1c(C)nc2ccccc2c1=O. The predicted octanol–water partition coefficient (Wildman–Crippen LogP) is 2.44. The Morgan fingerprint density at radius 3 is 2.86 bits per heavy atom. The van der Waals surface area contributed by atoms with Gasteiger partial charge in [0, 0.05) is 13.0 Å². The summed E-state index contributed by atoms with van der Waals surface area (Å²) in [6.07, 6.45) is 1.83. The zero-order chi connectivity index (χ0) is 15.2. The number of fused-ring (bicyclic) bond motifs is 1. The van der Waals surface area contributed by atoms with Gasteiger partial charge in [0.25, 0.3) is 5.56 Å². The fraction of sp³-hybridized carbons (Fsp3) is 0.438. The van der Waals surface area contributed by atoms with Crippen molar-refractivity contribution in [2.75, 3.05) is 6.61 Å². The smallest absolute Gasteiger partial charge is 0.305 e. The van der Waals surface area contributed by atoms with Gasteiger partial charge < -0.3 is 4.74 Å². The van der Waals surface area contributed by atoms with Crippen LogP contribution < -0.4 is 5.56 Å². The van der Waals surface area contributed by atoms with Gasteiger partial charge in [0.1, 0.15) is 5.82 Å². The second-order valence-electron chi connectivity index (χ2n) is 4.96. The third kappa shape index (κ3) is 3.68. The third-order valence-electron chi connectivity index (χ3n) is 3.30. The number of carbonyl (C=O) groups is 1. The number of para-hydroxylation sites is 1. The number of esters is 1. The summed E-state index contributed by atoms with van der Waals surface area (Å²) >= 11 is 0. The normalized spacial score (nSPS) is 10.8. The van der Waals surface area contributed by atoms with Crippen LogP contribution in [-0.4, -0.2) is 22.1 Å². The lowest BCUT2D eigenvalue weighted by Gasteiger charge is -2.10. The highest BCUT2D eigenvalue weighted by atomic mass is 16.5. The molecule has 0 radical (unpaired) electrons. The highest BCUT2D eigenvalue weighted by molar-refractivity contribution is 5.77. The molecule has 0 atom stereocenters. The molecule has 0 saturated heterocycles. The molecule has 21 heavy (non-hydrogen) atoms. The number of benzene rings is 1. The number of hydrogen-bond donors (Lipinski definition) is 0. The molecular weight excluding hydrogens is 268 g/mol. The lowest BCUT2D eigenvalue weighted by molar-refractivity contribution is -0.143. The van der Waals surface area contributed by atoms with Gasteiger partial charge in [-0.15, -0.1) is 0 Å². The van der Waals surface area contributed by atoms with Crippen molar-refractivity contribution < 1.29 is 9.53 Å². The molecule has 0 fully saturated rings.